The van der Waals surface area contributed by atoms with Crippen molar-refractivity contribution in [3.63, 3.8) is 0 Å². The van der Waals surface area contributed by atoms with Gasteiger partial charge in [-0.25, -0.2) is 53.6 Å². The maximum atomic E-state index is 12.6. The summed E-state index contributed by atoms with van der Waals surface area (Å²) in [5.41, 5.74) is 9.13. The van der Waals surface area contributed by atoms with Gasteiger partial charge in [0, 0.05) is 52.6 Å². The SMILES string of the molecule is CC(C)S(=O)(=O)Nc1cccc2ccc(CN(C)C)nc12.CCCS(=O)(=O)Nc1cccc2ccc(CN(C)C)nc12.CN(C)Cc1ccc2cccc(NS(=O)(=O)Cc3ccccc3)c2n1.Cc1sccc1S(=O)(=O)Nc1cccc2ccc(CN(C)C)nc12.O=C=O. The number of fused-ring (bicyclic) bond motifs is 4. The van der Waals surface area contributed by atoms with E-state index >= 15 is 0 Å². The lowest BCUT2D eigenvalue weighted by Crippen LogP contribution is -2.22. The van der Waals surface area contributed by atoms with Crippen LogP contribution >= 0.6 is 11.3 Å². The summed E-state index contributed by atoms with van der Waals surface area (Å²) in [5.74, 6) is 0.0440. The number of sulfonamides is 4. The van der Waals surface area contributed by atoms with Crippen molar-refractivity contribution in [3.05, 3.63) is 196 Å². The fraction of sp³-hybridized carbons (Fsp3) is 0.299. The van der Waals surface area contributed by atoms with Crippen molar-refractivity contribution in [1.82, 2.24) is 39.5 Å². The van der Waals surface area contributed by atoms with Gasteiger partial charge >= 0.3 is 6.15 Å². The van der Waals surface area contributed by atoms with Crippen LogP contribution in [0.1, 0.15) is 60.4 Å². The Balaban J connectivity index is 0.000000196. The smallest absolute Gasteiger partial charge is 0.304 e. The largest absolute Gasteiger partial charge is 0.373 e. The van der Waals surface area contributed by atoms with E-state index in [1.807, 2.05) is 198 Å². The normalized spacial score (nSPS) is 11.7. The average molecular weight is 1380 g/mol. The predicted octanol–water partition coefficient (Wildman–Crippen LogP) is 11.0. The molecule has 22 nitrogen and oxygen atoms in total. The molecule has 10 rings (SSSR count). The molecule has 0 spiro atoms. The van der Waals surface area contributed by atoms with Crippen LogP contribution in [0.3, 0.4) is 0 Å². The van der Waals surface area contributed by atoms with Crippen LogP contribution in [0.15, 0.2) is 168 Å². The molecule has 0 fully saturated rings. The number of benzene rings is 5. The molecule has 0 aliphatic rings. The van der Waals surface area contributed by atoms with Crippen LogP contribution in [-0.4, -0.2) is 147 Å². The van der Waals surface area contributed by atoms with Crippen molar-refractivity contribution in [2.45, 2.75) is 76.2 Å². The highest BCUT2D eigenvalue weighted by Crippen LogP contribution is 2.30. The topological polar surface area (TPSA) is 283 Å². The highest BCUT2D eigenvalue weighted by molar-refractivity contribution is 7.93. The van der Waals surface area contributed by atoms with Gasteiger partial charge in [-0.05, 0) is 149 Å². The van der Waals surface area contributed by atoms with Crippen LogP contribution < -0.4 is 18.9 Å². The number of aryl methyl sites for hydroxylation is 1. The number of rotatable bonds is 22. The molecule has 27 heteroatoms. The highest BCUT2D eigenvalue weighted by atomic mass is 32.2. The minimum absolute atomic E-state index is 0.0678. The fourth-order valence-corrected chi connectivity index (χ4v) is 14.7. The number of carbonyl (C=O) groups excluding carboxylic acids is 2. The molecule has 10 aromatic rings. The van der Waals surface area contributed by atoms with Crippen LogP contribution in [-0.2, 0) is 81.6 Å². The summed E-state index contributed by atoms with van der Waals surface area (Å²) in [4.78, 5) is 43.9. The van der Waals surface area contributed by atoms with E-state index in [9.17, 15) is 33.7 Å². The second-order valence-corrected chi connectivity index (χ2v) is 31.7. The number of pyridine rings is 4. The predicted molar refractivity (Wildman–Crippen MR) is 379 cm³/mol. The Morgan fingerprint density at radius 3 is 1.10 bits per heavy atom. The minimum Gasteiger partial charge on any atom is -0.304 e. The van der Waals surface area contributed by atoms with Gasteiger partial charge in [0.25, 0.3) is 10.0 Å². The molecule has 0 bridgehead atoms. The van der Waals surface area contributed by atoms with Crippen LogP contribution in [0, 0.1) is 6.92 Å². The fourth-order valence-electron chi connectivity index (χ4n) is 9.34. The number of aromatic nitrogens is 4. The van der Waals surface area contributed by atoms with Gasteiger partial charge in [-0.3, -0.25) is 18.9 Å². The summed E-state index contributed by atoms with van der Waals surface area (Å²) in [6.07, 6.45) is 0.833. The molecule has 0 saturated carbocycles. The number of hydrogen-bond donors (Lipinski definition) is 4. The quantitative estimate of drug-likeness (QED) is 0.0490. The zero-order valence-electron chi connectivity index (χ0n) is 54.8. The van der Waals surface area contributed by atoms with Gasteiger partial charge in [-0.2, -0.15) is 9.59 Å². The molecule has 0 saturated heterocycles. The van der Waals surface area contributed by atoms with Crippen molar-refractivity contribution in [2.24, 2.45) is 0 Å². The van der Waals surface area contributed by atoms with Crippen molar-refractivity contribution in [1.29, 1.82) is 0 Å². The Bertz CT molecular complexity index is 4680. The summed E-state index contributed by atoms with van der Waals surface area (Å²) in [6.45, 7) is 9.76. The lowest BCUT2D eigenvalue weighted by molar-refractivity contribution is -0.191. The minimum atomic E-state index is -3.62. The molecular weight excluding hydrogens is 1290 g/mol. The van der Waals surface area contributed by atoms with Gasteiger partial charge in [0.1, 0.15) is 4.90 Å². The highest BCUT2D eigenvalue weighted by Gasteiger charge is 2.21. The van der Waals surface area contributed by atoms with E-state index in [-0.39, 0.29) is 17.7 Å². The van der Waals surface area contributed by atoms with Crippen molar-refractivity contribution < 1.29 is 43.3 Å². The van der Waals surface area contributed by atoms with Gasteiger partial charge in [-0.1, -0.05) is 110 Å². The van der Waals surface area contributed by atoms with E-state index in [1.54, 1.807) is 68.6 Å². The molecule has 0 aliphatic heterocycles. The lowest BCUT2D eigenvalue weighted by atomic mass is 10.2. The van der Waals surface area contributed by atoms with Gasteiger partial charge in [-0.15, -0.1) is 11.3 Å². The third kappa shape index (κ3) is 22.7. The summed E-state index contributed by atoms with van der Waals surface area (Å²) in [7, 11) is 1.96. The Morgan fingerprint density at radius 1 is 0.436 bits per heavy atom. The summed E-state index contributed by atoms with van der Waals surface area (Å²) in [5, 5.41) is 4.94. The Morgan fingerprint density at radius 2 is 0.777 bits per heavy atom. The lowest BCUT2D eigenvalue weighted by Gasteiger charge is -2.14. The van der Waals surface area contributed by atoms with E-state index in [0.29, 0.717) is 82.3 Å². The third-order valence-corrected chi connectivity index (χ3v) is 20.4. The van der Waals surface area contributed by atoms with E-state index in [0.717, 1.165) is 54.8 Å². The number of nitrogens with zero attached hydrogens (tertiary/aromatic N) is 8. The standard InChI is InChI=1S/C19H21N3O2S.C17H19N3O2S2.2C15H21N3O2S.CO2/c1-22(2)13-17-12-11-16-9-6-10-18(19(16)20-17)21-25(23,24)14-15-7-4-3-5-8-15;1-12-16(9-10-23-12)24(21,22)19-15-6-4-5-13-7-8-14(11-20(2)3)18-17(13)15;1-11(2)21(19,20)17-14-7-5-6-12-8-9-13(10-18(3)4)16-15(12)14;1-4-10-21(19,20)17-14-7-5-6-12-8-9-13(11-18(2)3)16-15(12)14;2-1-3/h3-12,21H,13-14H2,1-2H3;4-10,19H,11H2,1-3H3;5-9,11,17H,10H2,1-4H3;5-9,17H,4,10-11H2,1-3H3;. The van der Waals surface area contributed by atoms with Crippen LogP contribution in [0.4, 0.5) is 22.7 Å². The first kappa shape index (κ1) is 74.7. The number of nitrogens with one attached hydrogen (secondary N) is 4. The zero-order valence-corrected chi connectivity index (χ0v) is 58.9. The average Bonchev–Trinajstić information content (AvgIpc) is 1.12. The van der Waals surface area contributed by atoms with Gasteiger partial charge < -0.3 is 19.6 Å². The van der Waals surface area contributed by atoms with Gasteiger partial charge in [0.05, 0.1) is 84.3 Å². The Labute approximate surface area is 556 Å². The Hall–Kier alpha value is -8.34. The first-order chi connectivity index (χ1) is 44.4. The molecule has 5 aromatic heterocycles. The van der Waals surface area contributed by atoms with E-state index in [4.69, 9.17) is 9.59 Å². The molecule has 0 radical (unpaired) electrons. The molecule has 94 heavy (non-hydrogen) atoms. The van der Waals surface area contributed by atoms with Crippen molar-refractivity contribution >= 4 is 124 Å². The maximum Gasteiger partial charge on any atom is 0.373 e. The first-order valence-electron chi connectivity index (χ1n) is 29.7. The zero-order chi connectivity index (χ0) is 69.0. The summed E-state index contributed by atoms with van der Waals surface area (Å²) in [6, 6.07) is 48.5. The molecule has 0 atom stereocenters. The molecule has 0 aliphatic carbocycles. The second kappa shape index (κ2) is 34.2. The first-order valence-corrected chi connectivity index (χ1v) is 36.9. The van der Waals surface area contributed by atoms with E-state index in [1.165, 1.54) is 11.3 Å². The van der Waals surface area contributed by atoms with E-state index < -0.39 is 45.3 Å². The molecule has 5 aromatic carbocycles. The number of hydrogen-bond acceptors (Lipinski definition) is 19. The van der Waals surface area contributed by atoms with Crippen molar-refractivity contribution in [2.75, 3.05) is 81.0 Å². The monoisotopic (exact) mass is 1370 g/mol. The molecule has 5 heterocycles. The maximum absolute atomic E-state index is 12.6. The second-order valence-electron chi connectivity index (χ2n) is 23.2. The molecule has 4 N–H and O–H groups in total. The molecule has 500 valence electrons. The van der Waals surface area contributed by atoms with Crippen molar-refractivity contribution in [3.8, 4) is 0 Å². The van der Waals surface area contributed by atoms with E-state index in [2.05, 4.69) is 38.8 Å². The number of thiophene rings is 1. The molecular formula is C67H82N12O10S5. The summed E-state index contributed by atoms with van der Waals surface area (Å²) < 4.78 is 109. The molecule has 0 amide bonds. The number of para-hydroxylation sites is 4. The van der Waals surface area contributed by atoms with Gasteiger partial charge in [0.15, 0.2) is 0 Å². The van der Waals surface area contributed by atoms with Crippen LogP contribution in [0.25, 0.3) is 43.6 Å². The Kier molecular flexibility index (Phi) is 27.2. The number of anilines is 4. The van der Waals surface area contributed by atoms with Crippen LogP contribution in [0.2, 0.25) is 0 Å². The van der Waals surface area contributed by atoms with Crippen LogP contribution in [0.5, 0.6) is 0 Å². The van der Waals surface area contributed by atoms with Gasteiger partial charge in [0.2, 0.25) is 30.1 Å². The molecule has 0 unspecified atom stereocenters. The third-order valence-electron chi connectivity index (χ3n) is 13.4. The summed E-state index contributed by atoms with van der Waals surface area (Å²) >= 11 is 1.41.